The Morgan fingerprint density at radius 2 is 1.56 bits per heavy atom. The van der Waals surface area contributed by atoms with Gasteiger partial charge in [0.1, 0.15) is 11.3 Å². The van der Waals surface area contributed by atoms with Crippen LogP contribution in [0, 0.1) is 0 Å². The van der Waals surface area contributed by atoms with Gasteiger partial charge in [0, 0.05) is 12.1 Å². The second-order valence-corrected chi connectivity index (χ2v) is 9.84. The molecule has 1 saturated heterocycles. The number of unbranched alkanes of at least 4 members (excludes halogenated alkanes) is 1. The molecule has 4 aromatic rings. The maximum absolute atomic E-state index is 12.8. The van der Waals surface area contributed by atoms with Gasteiger partial charge in [0.25, 0.3) is 5.91 Å². The Labute approximate surface area is 217 Å². The molecule has 5 heteroatoms. The maximum Gasteiger partial charge on any atom is 0.251 e. The van der Waals surface area contributed by atoms with Gasteiger partial charge >= 0.3 is 0 Å². The Balaban J connectivity index is 1.19. The number of carbonyl (C=O) groups is 1. The van der Waals surface area contributed by atoms with Crippen LogP contribution in [0.5, 0.6) is 0 Å². The highest BCUT2D eigenvalue weighted by Crippen LogP contribution is 2.42. The number of amides is 1. The van der Waals surface area contributed by atoms with E-state index >= 15 is 0 Å². The Bertz CT molecular complexity index is 1260. The van der Waals surface area contributed by atoms with Crippen LogP contribution in [-0.2, 0) is 11.3 Å². The van der Waals surface area contributed by atoms with Crippen LogP contribution in [0.3, 0.4) is 0 Å². The van der Waals surface area contributed by atoms with Crippen LogP contribution in [0.25, 0.3) is 11.1 Å². The smallest absolute Gasteiger partial charge is 0.251 e. The van der Waals surface area contributed by atoms with Crippen LogP contribution in [0.4, 0.5) is 5.69 Å². The van der Waals surface area contributed by atoms with Crippen molar-refractivity contribution in [2.75, 3.05) is 17.5 Å². The molecular formula is C31H30N2O2S. The molecule has 36 heavy (non-hydrogen) atoms. The minimum absolute atomic E-state index is 0.00815. The van der Waals surface area contributed by atoms with Crippen LogP contribution in [-0.4, -0.2) is 18.4 Å². The number of nitrogens with zero attached hydrogens (tertiary/aromatic N) is 1. The van der Waals surface area contributed by atoms with E-state index in [4.69, 9.17) is 4.84 Å². The molecule has 0 aromatic heterocycles. The highest BCUT2D eigenvalue weighted by Gasteiger charge is 2.29. The van der Waals surface area contributed by atoms with Crippen molar-refractivity contribution in [1.82, 2.24) is 5.32 Å². The fourth-order valence-corrected chi connectivity index (χ4v) is 5.36. The Kier molecular flexibility index (Phi) is 8.01. The largest absolute Gasteiger partial charge is 0.352 e. The van der Waals surface area contributed by atoms with Gasteiger partial charge in [-0.3, -0.25) is 9.63 Å². The zero-order valence-corrected chi connectivity index (χ0v) is 21.0. The Hall–Kier alpha value is -3.54. The Morgan fingerprint density at radius 3 is 2.33 bits per heavy atom. The van der Waals surface area contributed by atoms with Crippen LogP contribution in [0.2, 0.25) is 0 Å². The standard InChI is InChI=1S/C31H30N2O2S/c34-30(32-21-8-7-12-24-10-3-1-4-11-24)27-15-9-16-28(22-27)31-33(35-23-36-31)29-19-17-26(18-20-29)25-13-5-2-6-14-25/h1-6,9-11,13-20,22,31H,7-8,12,21,23H2,(H,32,34). The highest BCUT2D eigenvalue weighted by atomic mass is 32.2. The molecule has 0 aliphatic carbocycles. The topological polar surface area (TPSA) is 41.6 Å². The van der Waals surface area contributed by atoms with Gasteiger partial charge in [-0.05, 0) is 65.8 Å². The van der Waals surface area contributed by atoms with Gasteiger partial charge in [0.15, 0.2) is 0 Å². The summed E-state index contributed by atoms with van der Waals surface area (Å²) in [5.41, 5.74) is 6.44. The van der Waals surface area contributed by atoms with E-state index in [1.54, 1.807) is 11.8 Å². The summed E-state index contributed by atoms with van der Waals surface area (Å²) in [5.74, 6) is 0.544. The van der Waals surface area contributed by atoms with E-state index in [0.29, 0.717) is 18.0 Å². The number of benzene rings is 4. The number of thioether (sulfide) groups is 1. The number of hydroxylamine groups is 1. The van der Waals surface area contributed by atoms with Gasteiger partial charge in [-0.15, -0.1) is 0 Å². The number of hydrogen-bond acceptors (Lipinski definition) is 4. The summed E-state index contributed by atoms with van der Waals surface area (Å²) < 4.78 is 0. The molecule has 1 N–H and O–H groups in total. The van der Waals surface area contributed by atoms with E-state index in [9.17, 15) is 4.79 Å². The summed E-state index contributed by atoms with van der Waals surface area (Å²) in [6.07, 6.45) is 3.05. The SMILES string of the molecule is O=C(NCCCCc1ccccc1)c1cccc(C2SCON2c2ccc(-c3ccccc3)cc2)c1. The number of aryl methyl sites for hydroxylation is 1. The van der Waals surface area contributed by atoms with Crippen molar-refractivity contribution < 1.29 is 9.63 Å². The fraction of sp³-hybridized carbons (Fsp3) is 0.194. The summed E-state index contributed by atoms with van der Waals surface area (Å²) in [6.45, 7) is 0.678. The molecule has 1 aliphatic heterocycles. The summed E-state index contributed by atoms with van der Waals surface area (Å²) in [4.78, 5) is 18.8. The number of rotatable bonds is 9. The molecule has 1 amide bonds. The predicted octanol–water partition coefficient (Wildman–Crippen LogP) is 7.25. The van der Waals surface area contributed by atoms with Crippen LogP contribution < -0.4 is 10.4 Å². The van der Waals surface area contributed by atoms with Crippen molar-refractivity contribution >= 4 is 23.4 Å². The van der Waals surface area contributed by atoms with Gasteiger partial charge in [-0.1, -0.05) is 96.7 Å². The zero-order valence-electron chi connectivity index (χ0n) is 20.2. The van der Waals surface area contributed by atoms with E-state index in [1.807, 2.05) is 47.5 Å². The third kappa shape index (κ3) is 5.99. The molecule has 4 aromatic carbocycles. The first kappa shape index (κ1) is 24.2. The van der Waals surface area contributed by atoms with Crippen molar-refractivity contribution in [3.63, 3.8) is 0 Å². The molecule has 5 rings (SSSR count). The second kappa shape index (κ2) is 11.9. The van der Waals surface area contributed by atoms with Crippen molar-refractivity contribution in [1.29, 1.82) is 0 Å². The van der Waals surface area contributed by atoms with Crippen molar-refractivity contribution in [3.05, 3.63) is 126 Å². The van der Waals surface area contributed by atoms with Crippen molar-refractivity contribution in [2.45, 2.75) is 24.6 Å². The predicted molar refractivity (Wildman–Crippen MR) is 149 cm³/mol. The van der Waals surface area contributed by atoms with E-state index in [-0.39, 0.29) is 11.3 Å². The molecule has 1 aliphatic rings. The summed E-state index contributed by atoms with van der Waals surface area (Å²) in [6, 6.07) is 37.1. The number of carbonyl (C=O) groups excluding carboxylic acids is 1. The third-order valence-electron chi connectivity index (χ3n) is 6.31. The number of nitrogens with one attached hydrogen (secondary N) is 1. The molecule has 182 valence electrons. The molecule has 1 fully saturated rings. The maximum atomic E-state index is 12.8. The monoisotopic (exact) mass is 494 g/mol. The first-order valence-electron chi connectivity index (χ1n) is 12.4. The lowest BCUT2D eigenvalue weighted by Crippen LogP contribution is -2.25. The molecule has 1 unspecified atom stereocenters. The van der Waals surface area contributed by atoms with Gasteiger partial charge in [-0.2, -0.15) is 0 Å². The molecular weight excluding hydrogens is 464 g/mol. The molecule has 1 heterocycles. The van der Waals surface area contributed by atoms with E-state index in [0.717, 1.165) is 30.5 Å². The lowest BCUT2D eigenvalue weighted by Gasteiger charge is -2.24. The molecule has 4 nitrogen and oxygen atoms in total. The summed E-state index contributed by atoms with van der Waals surface area (Å²) in [5, 5.41) is 5.01. The average molecular weight is 495 g/mol. The zero-order chi connectivity index (χ0) is 24.6. The first-order valence-corrected chi connectivity index (χ1v) is 13.4. The van der Waals surface area contributed by atoms with E-state index in [1.165, 1.54) is 16.7 Å². The minimum Gasteiger partial charge on any atom is -0.352 e. The minimum atomic E-state index is -0.0285. The molecule has 0 spiro atoms. The summed E-state index contributed by atoms with van der Waals surface area (Å²) >= 11 is 1.71. The fourth-order valence-electron chi connectivity index (χ4n) is 4.40. The average Bonchev–Trinajstić information content (AvgIpc) is 3.44. The van der Waals surface area contributed by atoms with Crippen LogP contribution >= 0.6 is 11.8 Å². The number of hydrogen-bond donors (Lipinski definition) is 1. The van der Waals surface area contributed by atoms with Gasteiger partial charge in [0.05, 0.1) is 5.69 Å². The van der Waals surface area contributed by atoms with E-state index < -0.39 is 0 Å². The van der Waals surface area contributed by atoms with Crippen molar-refractivity contribution in [2.24, 2.45) is 0 Å². The quantitative estimate of drug-likeness (QED) is 0.249. The van der Waals surface area contributed by atoms with Gasteiger partial charge in [0.2, 0.25) is 0 Å². The first-order chi connectivity index (χ1) is 17.8. The Morgan fingerprint density at radius 1 is 0.833 bits per heavy atom. The van der Waals surface area contributed by atoms with Crippen LogP contribution in [0.15, 0.2) is 109 Å². The lowest BCUT2D eigenvalue weighted by atomic mass is 10.1. The third-order valence-corrected chi connectivity index (χ3v) is 7.34. The number of anilines is 1. The van der Waals surface area contributed by atoms with E-state index in [2.05, 4.69) is 72.0 Å². The van der Waals surface area contributed by atoms with Gasteiger partial charge in [-0.25, -0.2) is 5.06 Å². The van der Waals surface area contributed by atoms with Gasteiger partial charge < -0.3 is 5.32 Å². The van der Waals surface area contributed by atoms with Crippen LogP contribution in [0.1, 0.15) is 39.7 Å². The molecule has 1 atom stereocenters. The normalized spacial score (nSPS) is 15.1. The summed E-state index contributed by atoms with van der Waals surface area (Å²) in [7, 11) is 0. The second-order valence-electron chi connectivity index (χ2n) is 8.83. The lowest BCUT2D eigenvalue weighted by molar-refractivity contribution is 0.0952. The molecule has 0 bridgehead atoms. The molecule has 0 saturated carbocycles. The molecule has 0 radical (unpaired) electrons. The highest BCUT2D eigenvalue weighted by molar-refractivity contribution is 7.99. The van der Waals surface area contributed by atoms with Crippen molar-refractivity contribution in [3.8, 4) is 11.1 Å².